The zero-order valence-electron chi connectivity index (χ0n) is 14.5. The number of hydrogen-bond acceptors (Lipinski definition) is 0. The molecule has 0 radical (unpaired) electrons. The number of benzene rings is 3. The van der Waals surface area contributed by atoms with Crippen LogP contribution in [0.25, 0.3) is 0 Å². The van der Waals surface area contributed by atoms with Crippen LogP contribution in [0.15, 0.2) is 84.9 Å². The van der Waals surface area contributed by atoms with Gasteiger partial charge in [0.15, 0.2) is 10.8 Å². The van der Waals surface area contributed by atoms with Gasteiger partial charge in [-0.2, -0.15) is 0 Å². The molecule has 0 aliphatic carbocycles. The predicted molar refractivity (Wildman–Crippen MR) is 103 cm³/mol. The van der Waals surface area contributed by atoms with Gasteiger partial charge in [0.1, 0.15) is 0 Å². The molecule has 0 nitrogen and oxygen atoms in total. The molecule has 24 heavy (non-hydrogen) atoms. The first-order chi connectivity index (χ1) is 11.4. The summed E-state index contributed by atoms with van der Waals surface area (Å²) in [7, 11) is 0. The lowest BCUT2D eigenvalue weighted by molar-refractivity contribution is 0.702. The van der Waals surface area contributed by atoms with E-state index in [4.69, 9.17) is 0 Å². The van der Waals surface area contributed by atoms with E-state index in [0.29, 0.717) is 0 Å². The zero-order valence-corrected chi connectivity index (χ0v) is 14.5. The van der Waals surface area contributed by atoms with Crippen molar-refractivity contribution in [2.24, 2.45) is 0 Å². The molecular weight excluding hydrogens is 288 g/mol. The van der Waals surface area contributed by atoms with Crippen molar-refractivity contribution in [1.29, 1.82) is 0 Å². The van der Waals surface area contributed by atoms with Gasteiger partial charge in [0.2, 0.25) is 0 Å². The fourth-order valence-corrected chi connectivity index (χ4v) is 3.15. The Balaban J connectivity index is 1.94. The van der Waals surface area contributed by atoms with E-state index < -0.39 is 0 Å². The van der Waals surface area contributed by atoms with Gasteiger partial charge in [0.05, 0.1) is 13.8 Å². The maximum absolute atomic E-state index is 4.44. The third-order valence-corrected chi connectivity index (χ3v) is 4.98. The lowest BCUT2D eigenvalue weighted by Crippen LogP contribution is -2.21. The molecule has 0 heterocycles. The van der Waals surface area contributed by atoms with E-state index >= 15 is 0 Å². The molecule has 3 aromatic rings. The average molecular weight is 312 g/mol. The van der Waals surface area contributed by atoms with E-state index in [-0.39, 0.29) is 10.8 Å². The van der Waals surface area contributed by atoms with Crippen molar-refractivity contribution < 1.29 is 0 Å². The minimum Gasteiger partial charge on any atom is -0.0622 e. The first kappa shape index (κ1) is 16.3. The average Bonchev–Trinajstić information content (AvgIpc) is 2.63. The fraction of sp³-hybridized carbons (Fsp3) is 0.167. The lowest BCUT2D eigenvalue weighted by atomic mass is 9.75. The summed E-state index contributed by atoms with van der Waals surface area (Å²) in [6.45, 7) is 13.2. The molecule has 0 heteroatoms. The topological polar surface area (TPSA) is 0 Å². The van der Waals surface area contributed by atoms with Gasteiger partial charge in [0, 0.05) is 22.3 Å². The van der Waals surface area contributed by atoms with Crippen molar-refractivity contribution in [3.63, 3.8) is 0 Å². The van der Waals surface area contributed by atoms with Gasteiger partial charge < -0.3 is 0 Å². The largest absolute Gasteiger partial charge is 0.152 e. The summed E-state index contributed by atoms with van der Waals surface area (Å²) in [5, 5.41) is 0. The van der Waals surface area contributed by atoms with Crippen LogP contribution in [0.2, 0.25) is 0 Å². The van der Waals surface area contributed by atoms with E-state index in [2.05, 4.69) is 100 Å². The highest BCUT2D eigenvalue weighted by Crippen LogP contribution is 2.35. The van der Waals surface area contributed by atoms with Crippen LogP contribution in [0.5, 0.6) is 0 Å². The van der Waals surface area contributed by atoms with Crippen LogP contribution in [-0.2, 0) is 10.8 Å². The summed E-state index contributed by atoms with van der Waals surface area (Å²) in [6.07, 6.45) is 0. The molecule has 0 saturated heterocycles. The van der Waals surface area contributed by atoms with Crippen molar-refractivity contribution in [3.8, 4) is 0 Å². The second-order valence-corrected chi connectivity index (χ2v) is 6.97. The van der Waals surface area contributed by atoms with E-state index in [0.717, 1.165) is 0 Å². The maximum Gasteiger partial charge on any atom is 0.152 e. The van der Waals surface area contributed by atoms with Gasteiger partial charge in [-0.25, -0.2) is 0 Å². The second kappa shape index (κ2) is 6.13. The molecule has 0 bridgehead atoms. The Kier molecular flexibility index (Phi) is 4.15. The van der Waals surface area contributed by atoms with E-state index in [1.54, 1.807) is 0 Å². The van der Waals surface area contributed by atoms with Gasteiger partial charge in [0.25, 0.3) is 0 Å². The van der Waals surface area contributed by atoms with Gasteiger partial charge in [-0.15, -0.1) is 0 Å². The first-order valence-corrected chi connectivity index (χ1v) is 8.35. The summed E-state index contributed by atoms with van der Waals surface area (Å²) in [5.41, 5.74) is 4.34. The molecule has 118 valence electrons. The number of hydrogen-bond donors (Lipinski definition) is 0. The van der Waals surface area contributed by atoms with Crippen LogP contribution in [-0.4, -0.2) is 0 Å². The molecule has 0 aromatic heterocycles. The smallest absolute Gasteiger partial charge is 0.0622 e. The fourth-order valence-electron chi connectivity index (χ4n) is 3.15. The molecule has 3 aromatic carbocycles. The summed E-state index contributed by atoms with van der Waals surface area (Å²) < 4.78 is 0. The van der Waals surface area contributed by atoms with Crippen LogP contribution >= 0.6 is 0 Å². The lowest BCUT2D eigenvalue weighted by Gasteiger charge is -2.22. The monoisotopic (exact) mass is 312 g/mol. The normalized spacial score (nSPS) is 16.1. The van der Waals surface area contributed by atoms with E-state index in [1.165, 1.54) is 22.3 Å². The van der Waals surface area contributed by atoms with Crippen molar-refractivity contribution in [3.05, 3.63) is 121 Å². The second-order valence-electron chi connectivity index (χ2n) is 6.97. The van der Waals surface area contributed by atoms with Gasteiger partial charge in [-0.3, -0.25) is 0 Å². The van der Waals surface area contributed by atoms with Crippen LogP contribution in [0.4, 0.5) is 0 Å². The molecule has 0 fully saturated rings. The Morgan fingerprint density at radius 2 is 0.708 bits per heavy atom. The first-order valence-electron chi connectivity index (χ1n) is 8.35. The molecule has 2 unspecified atom stereocenters. The van der Waals surface area contributed by atoms with Gasteiger partial charge >= 0.3 is 0 Å². The van der Waals surface area contributed by atoms with Crippen LogP contribution in [0.3, 0.4) is 0 Å². The van der Waals surface area contributed by atoms with Crippen molar-refractivity contribution in [2.75, 3.05) is 0 Å². The molecule has 2 atom stereocenters. The molecular formula is C24H24+2. The van der Waals surface area contributed by atoms with Crippen molar-refractivity contribution in [1.82, 2.24) is 0 Å². The van der Waals surface area contributed by atoms with Crippen molar-refractivity contribution >= 4 is 0 Å². The summed E-state index contributed by atoms with van der Waals surface area (Å²) in [5.74, 6) is 0. The quantitative estimate of drug-likeness (QED) is 0.521. The molecule has 3 rings (SSSR count). The zero-order chi connectivity index (χ0) is 17.2. The van der Waals surface area contributed by atoms with Crippen LogP contribution in [0.1, 0.15) is 36.1 Å². The Bertz CT molecular complexity index is 708. The highest BCUT2D eigenvalue weighted by molar-refractivity contribution is 5.45. The SMILES string of the molecule is [CH2+]C(C)(c1ccccc1)c1ccc(C([CH2+])(C)c2ccccc2)cc1. The molecule has 0 amide bonds. The van der Waals surface area contributed by atoms with Gasteiger partial charge in [-0.05, 0) is 13.8 Å². The maximum atomic E-state index is 4.44. The third kappa shape index (κ3) is 2.92. The summed E-state index contributed by atoms with van der Waals surface area (Å²) >= 11 is 0. The van der Waals surface area contributed by atoms with Crippen LogP contribution < -0.4 is 0 Å². The summed E-state index contributed by atoms with van der Waals surface area (Å²) in [6, 6.07) is 29.6. The predicted octanol–water partition coefficient (Wildman–Crippen LogP) is 5.97. The third-order valence-electron chi connectivity index (χ3n) is 4.98. The highest BCUT2D eigenvalue weighted by Gasteiger charge is 2.33. The Hall–Kier alpha value is -2.60. The van der Waals surface area contributed by atoms with E-state index in [1.807, 2.05) is 12.1 Å². The Morgan fingerprint density at radius 3 is 1.00 bits per heavy atom. The van der Waals surface area contributed by atoms with E-state index in [9.17, 15) is 0 Å². The molecule has 0 spiro atoms. The Morgan fingerprint density at radius 1 is 0.458 bits per heavy atom. The van der Waals surface area contributed by atoms with Crippen LogP contribution in [0, 0.1) is 13.8 Å². The summed E-state index contributed by atoms with van der Waals surface area (Å²) in [4.78, 5) is 0. The molecule has 0 aliphatic heterocycles. The minimum atomic E-state index is -0.260. The highest BCUT2D eigenvalue weighted by atomic mass is 14.3. The minimum absolute atomic E-state index is 0.260. The number of rotatable bonds is 4. The molecule has 0 saturated carbocycles. The molecule has 0 aliphatic rings. The Labute approximate surface area is 146 Å². The molecule has 0 N–H and O–H groups in total. The van der Waals surface area contributed by atoms with Crippen molar-refractivity contribution in [2.45, 2.75) is 24.7 Å². The van der Waals surface area contributed by atoms with Gasteiger partial charge in [-0.1, -0.05) is 84.9 Å². The standard InChI is InChI=1S/C24H24/c1-23(2,19-11-7-5-8-12-19)21-15-17-22(18-16-21)24(3,4)20-13-9-6-10-14-20/h5-18H,1,3H2,2,4H3/q+2.